The molecule has 1 aliphatic heterocycles. The average Bonchev–Trinajstić information content (AvgIpc) is 2.52. The number of aliphatic carboxylic acids is 1. The van der Waals surface area contributed by atoms with Crippen molar-refractivity contribution in [2.75, 3.05) is 12.3 Å². The molecular weight excluding hydrogens is 258 g/mol. The van der Waals surface area contributed by atoms with E-state index in [0.29, 0.717) is 25.7 Å². The summed E-state index contributed by atoms with van der Waals surface area (Å²) in [6, 6.07) is 0. The average molecular weight is 275 g/mol. The van der Waals surface area contributed by atoms with E-state index in [-0.39, 0.29) is 12.3 Å². The molecule has 1 heterocycles. The molecule has 102 valence electrons. The Kier molecular flexibility index (Phi) is 3.35. The maximum absolute atomic E-state index is 11.9. The molecule has 2 aliphatic rings. The fraction of sp³-hybridized carbons (Fsp3) is 0.818. The van der Waals surface area contributed by atoms with Gasteiger partial charge in [0.05, 0.1) is 11.0 Å². The molecule has 0 aromatic heterocycles. The quantitative estimate of drug-likeness (QED) is 0.700. The van der Waals surface area contributed by atoms with Crippen LogP contribution in [-0.2, 0) is 19.4 Å². The predicted octanol–water partition coefficient (Wildman–Crippen LogP) is -0.0653. The van der Waals surface area contributed by atoms with E-state index in [4.69, 9.17) is 5.11 Å². The molecule has 7 heteroatoms. The number of nitrogens with one attached hydrogen (secondary N) is 1. The van der Waals surface area contributed by atoms with E-state index >= 15 is 0 Å². The van der Waals surface area contributed by atoms with Crippen molar-refractivity contribution in [1.29, 1.82) is 0 Å². The first-order valence-electron chi connectivity index (χ1n) is 6.12. The van der Waals surface area contributed by atoms with Crippen molar-refractivity contribution in [3.63, 3.8) is 0 Å². The summed E-state index contributed by atoms with van der Waals surface area (Å²) in [7, 11) is -3.10. The van der Waals surface area contributed by atoms with E-state index in [0.717, 1.165) is 6.42 Å². The van der Waals surface area contributed by atoms with Gasteiger partial charge in [-0.15, -0.1) is 0 Å². The van der Waals surface area contributed by atoms with E-state index < -0.39 is 32.4 Å². The standard InChI is InChI=1S/C11H17NO5S/c13-9(11(10(14)15)4-2-5-11)12-7-8-3-1-6-18(8,16)17/h8H,1-7H2,(H,12,13)(H,14,15). The lowest BCUT2D eigenvalue weighted by molar-refractivity contribution is -0.162. The second-order valence-electron chi connectivity index (χ2n) is 5.08. The predicted molar refractivity (Wildman–Crippen MR) is 63.7 cm³/mol. The van der Waals surface area contributed by atoms with Crippen LogP contribution >= 0.6 is 0 Å². The van der Waals surface area contributed by atoms with Crippen molar-refractivity contribution < 1.29 is 23.1 Å². The highest BCUT2D eigenvalue weighted by molar-refractivity contribution is 7.92. The Morgan fingerprint density at radius 1 is 1.28 bits per heavy atom. The molecular formula is C11H17NO5S. The van der Waals surface area contributed by atoms with Gasteiger partial charge in [0.25, 0.3) is 0 Å². The maximum atomic E-state index is 11.9. The Morgan fingerprint density at radius 2 is 1.94 bits per heavy atom. The van der Waals surface area contributed by atoms with Crippen LogP contribution in [0, 0.1) is 5.41 Å². The summed E-state index contributed by atoms with van der Waals surface area (Å²) < 4.78 is 23.1. The van der Waals surface area contributed by atoms with Crippen LogP contribution in [0.4, 0.5) is 0 Å². The molecule has 0 aromatic rings. The Morgan fingerprint density at radius 3 is 2.33 bits per heavy atom. The molecule has 0 spiro atoms. The van der Waals surface area contributed by atoms with Crippen LogP contribution in [-0.4, -0.2) is 42.9 Å². The summed E-state index contributed by atoms with van der Waals surface area (Å²) in [6.45, 7) is 0.0379. The third-order valence-corrected chi connectivity index (χ3v) is 6.28. The van der Waals surface area contributed by atoms with Gasteiger partial charge in [-0.05, 0) is 25.7 Å². The molecule has 2 N–H and O–H groups in total. The molecule has 1 atom stereocenters. The molecule has 2 fully saturated rings. The van der Waals surface area contributed by atoms with Crippen molar-refractivity contribution in [3.8, 4) is 0 Å². The fourth-order valence-corrected chi connectivity index (χ4v) is 4.30. The number of hydrogen-bond acceptors (Lipinski definition) is 4. The van der Waals surface area contributed by atoms with Crippen LogP contribution in [0.3, 0.4) is 0 Å². The first-order valence-corrected chi connectivity index (χ1v) is 7.83. The minimum atomic E-state index is -3.10. The molecule has 2 rings (SSSR count). The largest absolute Gasteiger partial charge is 0.480 e. The molecule has 18 heavy (non-hydrogen) atoms. The Balaban J connectivity index is 1.95. The Bertz CT molecular complexity index is 466. The number of rotatable bonds is 4. The lowest BCUT2D eigenvalue weighted by Gasteiger charge is -2.36. The van der Waals surface area contributed by atoms with Gasteiger partial charge in [-0.1, -0.05) is 6.42 Å². The normalized spacial score (nSPS) is 28.3. The summed E-state index contributed by atoms with van der Waals surface area (Å²) in [5.74, 6) is -1.48. The number of amides is 1. The molecule has 0 radical (unpaired) electrons. The first kappa shape index (κ1) is 13.3. The zero-order chi connectivity index (χ0) is 13.4. The molecule has 0 bridgehead atoms. The van der Waals surface area contributed by atoms with Crippen LogP contribution in [0.15, 0.2) is 0 Å². The lowest BCUT2D eigenvalue weighted by atomic mass is 9.68. The number of carboxylic acids is 1. The highest BCUT2D eigenvalue weighted by atomic mass is 32.2. The number of hydrogen-bond donors (Lipinski definition) is 2. The van der Waals surface area contributed by atoms with Crippen molar-refractivity contribution in [1.82, 2.24) is 5.32 Å². The molecule has 1 amide bonds. The van der Waals surface area contributed by atoms with Crippen molar-refractivity contribution in [3.05, 3.63) is 0 Å². The molecule has 1 saturated heterocycles. The second kappa shape index (κ2) is 4.53. The van der Waals surface area contributed by atoms with Gasteiger partial charge in [0.2, 0.25) is 5.91 Å². The first-order chi connectivity index (χ1) is 8.38. The third kappa shape index (κ3) is 2.11. The van der Waals surface area contributed by atoms with Gasteiger partial charge in [-0.2, -0.15) is 0 Å². The summed E-state index contributed by atoms with van der Waals surface area (Å²) in [5, 5.41) is 11.0. The van der Waals surface area contributed by atoms with Gasteiger partial charge >= 0.3 is 5.97 Å². The minimum absolute atomic E-state index is 0.0379. The Labute approximate surface area is 106 Å². The van der Waals surface area contributed by atoms with Crippen LogP contribution in [0.2, 0.25) is 0 Å². The Hall–Kier alpha value is -1.11. The van der Waals surface area contributed by atoms with Crippen molar-refractivity contribution >= 4 is 21.7 Å². The second-order valence-corrected chi connectivity index (χ2v) is 7.48. The van der Waals surface area contributed by atoms with Crippen LogP contribution in [0.5, 0.6) is 0 Å². The third-order valence-electron chi connectivity index (χ3n) is 4.00. The van der Waals surface area contributed by atoms with E-state index in [1.807, 2.05) is 0 Å². The maximum Gasteiger partial charge on any atom is 0.319 e. The molecule has 6 nitrogen and oxygen atoms in total. The van der Waals surface area contributed by atoms with Gasteiger partial charge in [0.15, 0.2) is 9.84 Å². The molecule has 0 aromatic carbocycles. The molecule has 1 aliphatic carbocycles. The number of carboxylic acid groups (broad SMARTS) is 1. The summed E-state index contributed by atoms with van der Waals surface area (Å²) in [4.78, 5) is 23.0. The van der Waals surface area contributed by atoms with Crippen LogP contribution in [0.25, 0.3) is 0 Å². The van der Waals surface area contributed by atoms with Gasteiger partial charge < -0.3 is 10.4 Å². The monoisotopic (exact) mass is 275 g/mol. The zero-order valence-corrected chi connectivity index (χ0v) is 10.8. The number of carbonyl (C=O) groups is 2. The number of sulfone groups is 1. The van der Waals surface area contributed by atoms with Gasteiger partial charge in [-0.25, -0.2) is 8.42 Å². The highest BCUT2D eigenvalue weighted by Gasteiger charge is 2.51. The van der Waals surface area contributed by atoms with Crippen LogP contribution < -0.4 is 5.32 Å². The SMILES string of the molecule is O=C(O)C1(C(=O)NCC2CCCS2(=O)=O)CCC1. The van der Waals surface area contributed by atoms with Crippen LogP contribution in [0.1, 0.15) is 32.1 Å². The highest BCUT2D eigenvalue weighted by Crippen LogP contribution is 2.41. The smallest absolute Gasteiger partial charge is 0.319 e. The molecule has 1 unspecified atom stereocenters. The van der Waals surface area contributed by atoms with E-state index in [1.165, 1.54) is 0 Å². The van der Waals surface area contributed by atoms with Gasteiger partial charge in [0.1, 0.15) is 5.41 Å². The fourth-order valence-electron chi connectivity index (χ4n) is 2.53. The summed E-state index contributed by atoms with van der Waals surface area (Å²) in [6.07, 6.45) is 2.56. The van der Waals surface area contributed by atoms with Crippen molar-refractivity contribution in [2.45, 2.75) is 37.4 Å². The topological polar surface area (TPSA) is 101 Å². The lowest BCUT2D eigenvalue weighted by Crippen LogP contribution is -2.52. The minimum Gasteiger partial charge on any atom is -0.480 e. The van der Waals surface area contributed by atoms with Gasteiger partial charge in [0, 0.05) is 6.54 Å². The summed E-state index contributed by atoms with van der Waals surface area (Å²) in [5.41, 5.74) is -1.32. The van der Waals surface area contributed by atoms with Crippen molar-refractivity contribution in [2.24, 2.45) is 5.41 Å². The van der Waals surface area contributed by atoms with E-state index in [2.05, 4.69) is 5.32 Å². The molecule has 1 saturated carbocycles. The number of carbonyl (C=O) groups excluding carboxylic acids is 1. The summed E-state index contributed by atoms with van der Waals surface area (Å²) >= 11 is 0. The van der Waals surface area contributed by atoms with E-state index in [1.54, 1.807) is 0 Å². The van der Waals surface area contributed by atoms with Gasteiger partial charge in [-0.3, -0.25) is 9.59 Å². The zero-order valence-electron chi connectivity index (χ0n) is 10.0. The van der Waals surface area contributed by atoms with E-state index in [9.17, 15) is 18.0 Å².